The molecule has 1 aromatic heterocycles. The van der Waals surface area contributed by atoms with E-state index in [0.29, 0.717) is 0 Å². The molecule has 0 radical (unpaired) electrons. The molecule has 0 bridgehead atoms. The summed E-state index contributed by atoms with van der Waals surface area (Å²) < 4.78 is 8.88. The van der Waals surface area contributed by atoms with Gasteiger partial charge in [0.2, 0.25) is 0 Å². The molecule has 0 saturated carbocycles. The minimum Gasteiger partial charge on any atom is -0.302 e. The molecule has 100 valence electrons. The second-order valence-electron chi connectivity index (χ2n) is 4.42. The average molecular weight is 304 g/mol. The Hall–Kier alpha value is -0.100. The minimum atomic E-state index is 0.749. The third-order valence-electron chi connectivity index (χ3n) is 2.87. The number of likely N-dealkylation sites (N-methyl/N-ethyl adjacent to an activating group) is 1. The van der Waals surface area contributed by atoms with Crippen LogP contribution in [0.25, 0.3) is 5.57 Å². The van der Waals surface area contributed by atoms with E-state index >= 15 is 0 Å². The zero-order valence-electron chi connectivity index (χ0n) is 10.6. The van der Waals surface area contributed by atoms with Gasteiger partial charge in [0.05, 0.1) is 11.7 Å². The van der Waals surface area contributed by atoms with Gasteiger partial charge in [-0.15, -0.1) is 23.4 Å². The van der Waals surface area contributed by atoms with E-state index in [4.69, 9.17) is 11.6 Å². The maximum Gasteiger partial charge on any atom is 0.138 e. The van der Waals surface area contributed by atoms with Crippen LogP contribution in [0.2, 0.25) is 0 Å². The molecule has 1 aliphatic heterocycles. The molecule has 0 saturated heterocycles. The second kappa shape index (κ2) is 7.48. The fourth-order valence-electron chi connectivity index (χ4n) is 1.90. The van der Waals surface area contributed by atoms with Gasteiger partial charge in [-0.3, -0.25) is 0 Å². The van der Waals surface area contributed by atoms with Gasteiger partial charge < -0.3 is 4.90 Å². The molecular formula is C12H18ClN3S2. The SMILES string of the molecule is CN1CCC=C(c2nsnc2SCCCCCl)C1. The van der Waals surface area contributed by atoms with Crippen LogP contribution in [0.4, 0.5) is 0 Å². The van der Waals surface area contributed by atoms with Crippen molar-refractivity contribution in [3.63, 3.8) is 0 Å². The lowest BCUT2D eigenvalue weighted by Crippen LogP contribution is -2.25. The van der Waals surface area contributed by atoms with E-state index in [1.165, 1.54) is 17.3 Å². The van der Waals surface area contributed by atoms with Gasteiger partial charge >= 0.3 is 0 Å². The molecule has 2 heterocycles. The standard InChI is InChI=1S/C12H18ClN3S2/c1-16-7-4-5-10(9-16)11-12(15-18-14-11)17-8-3-2-6-13/h5H,2-4,6-9H2,1H3. The predicted molar refractivity (Wildman–Crippen MR) is 80.7 cm³/mol. The summed E-state index contributed by atoms with van der Waals surface area (Å²) in [7, 11) is 2.15. The molecule has 6 heteroatoms. The van der Waals surface area contributed by atoms with Crippen molar-refractivity contribution in [3.8, 4) is 0 Å². The lowest BCUT2D eigenvalue weighted by molar-refractivity contribution is 0.372. The van der Waals surface area contributed by atoms with Crippen LogP contribution in [0.3, 0.4) is 0 Å². The summed E-state index contributed by atoms with van der Waals surface area (Å²) in [5.41, 5.74) is 2.43. The van der Waals surface area contributed by atoms with Crippen LogP contribution in [0.1, 0.15) is 25.0 Å². The molecule has 3 nitrogen and oxygen atoms in total. The van der Waals surface area contributed by atoms with E-state index in [0.717, 1.165) is 54.7 Å². The van der Waals surface area contributed by atoms with Crippen molar-refractivity contribution in [2.45, 2.75) is 24.3 Å². The molecule has 1 aliphatic rings. The molecule has 1 aromatic rings. The predicted octanol–water partition coefficient (Wildman–Crippen LogP) is 3.37. The molecule has 0 aliphatic carbocycles. The Bertz CT molecular complexity index is 406. The fraction of sp³-hybridized carbons (Fsp3) is 0.667. The van der Waals surface area contributed by atoms with Crippen molar-refractivity contribution in [2.24, 2.45) is 0 Å². The number of thioether (sulfide) groups is 1. The Labute approximate surface area is 122 Å². The summed E-state index contributed by atoms with van der Waals surface area (Å²) in [6.45, 7) is 2.12. The number of hydrogen-bond acceptors (Lipinski definition) is 5. The highest BCUT2D eigenvalue weighted by Crippen LogP contribution is 2.29. The van der Waals surface area contributed by atoms with Gasteiger partial charge in [0, 0.05) is 19.0 Å². The van der Waals surface area contributed by atoms with E-state index in [-0.39, 0.29) is 0 Å². The van der Waals surface area contributed by atoms with E-state index in [2.05, 4.69) is 26.8 Å². The van der Waals surface area contributed by atoms with Crippen molar-refractivity contribution in [2.75, 3.05) is 31.8 Å². The van der Waals surface area contributed by atoms with Gasteiger partial charge in [-0.25, -0.2) is 0 Å². The monoisotopic (exact) mass is 303 g/mol. The highest BCUT2D eigenvalue weighted by molar-refractivity contribution is 7.99. The first-order valence-corrected chi connectivity index (χ1v) is 8.45. The number of nitrogens with zero attached hydrogens (tertiary/aromatic N) is 3. The van der Waals surface area contributed by atoms with Crippen molar-refractivity contribution < 1.29 is 0 Å². The van der Waals surface area contributed by atoms with Gasteiger partial charge in [-0.1, -0.05) is 6.08 Å². The first kappa shape index (κ1) is 14.3. The second-order valence-corrected chi connectivity index (χ2v) is 6.41. The van der Waals surface area contributed by atoms with Crippen molar-refractivity contribution in [3.05, 3.63) is 11.8 Å². The number of alkyl halides is 1. The molecule has 0 fully saturated rings. The van der Waals surface area contributed by atoms with E-state index in [1.54, 1.807) is 0 Å². The van der Waals surface area contributed by atoms with Crippen LogP contribution in [0, 0.1) is 0 Å². The Balaban J connectivity index is 1.96. The summed E-state index contributed by atoms with van der Waals surface area (Å²) in [5.74, 6) is 1.83. The summed E-state index contributed by atoms with van der Waals surface area (Å²) in [6, 6.07) is 0. The smallest absolute Gasteiger partial charge is 0.138 e. The third kappa shape index (κ3) is 3.95. The topological polar surface area (TPSA) is 29.0 Å². The fourth-order valence-corrected chi connectivity index (χ4v) is 3.80. The van der Waals surface area contributed by atoms with Gasteiger partial charge in [0.15, 0.2) is 0 Å². The van der Waals surface area contributed by atoms with E-state index in [9.17, 15) is 0 Å². The zero-order chi connectivity index (χ0) is 12.8. The molecule has 0 aromatic carbocycles. The largest absolute Gasteiger partial charge is 0.302 e. The Kier molecular flexibility index (Phi) is 5.95. The zero-order valence-corrected chi connectivity index (χ0v) is 13.0. The number of aromatic nitrogens is 2. The van der Waals surface area contributed by atoms with Crippen molar-refractivity contribution in [1.29, 1.82) is 0 Å². The van der Waals surface area contributed by atoms with Gasteiger partial charge in [0.25, 0.3) is 0 Å². The Morgan fingerprint density at radius 3 is 3.11 bits per heavy atom. The lowest BCUT2D eigenvalue weighted by Gasteiger charge is -2.22. The summed E-state index contributed by atoms with van der Waals surface area (Å²) >= 11 is 8.81. The van der Waals surface area contributed by atoms with Crippen molar-refractivity contribution >= 4 is 40.7 Å². The number of hydrogen-bond donors (Lipinski definition) is 0. The van der Waals surface area contributed by atoms with Crippen LogP contribution < -0.4 is 0 Å². The summed E-state index contributed by atoms with van der Waals surface area (Å²) in [6.07, 6.45) is 5.64. The maximum atomic E-state index is 5.68. The highest BCUT2D eigenvalue weighted by Gasteiger charge is 2.17. The van der Waals surface area contributed by atoms with E-state index < -0.39 is 0 Å². The van der Waals surface area contributed by atoms with Gasteiger partial charge in [-0.05, 0) is 37.6 Å². The molecule has 0 atom stereocenters. The van der Waals surface area contributed by atoms with Crippen LogP contribution in [-0.2, 0) is 0 Å². The van der Waals surface area contributed by atoms with Crippen LogP contribution >= 0.6 is 35.1 Å². The molecule has 2 rings (SSSR count). The molecule has 0 spiro atoms. The Morgan fingerprint density at radius 1 is 1.44 bits per heavy atom. The molecular weight excluding hydrogens is 286 g/mol. The third-order valence-corrected chi connectivity index (χ3v) is 4.83. The normalized spacial score (nSPS) is 16.9. The average Bonchev–Trinajstić information content (AvgIpc) is 2.83. The molecule has 0 amide bonds. The van der Waals surface area contributed by atoms with Crippen LogP contribution in [0.5, 0.6) is 0 Å². The molecule has 0 unspecified atom stereocenters. The quantitative estimate of drug-likeness (QED) is 0.458. The highest BCUT2D eigenvalue weighted by atomic mass is 35.5. The van der Waals surface area contributed by atoms with Gasteiger partial charge in [0.1, 0.15) is 10.7 Å². The minimum absolute atomic E-state index is 0.749. The Morgan fingerprint density at radius 2 is 2.33 bits per heavy atom. The number of halogens is 1. The first-order chi connectivity index (χ1) is 8.81. The van der Waals surface area contributed by atoms with Crippen LogP contribution in [0.15, 0.2) is 11.1 Å². The van der Waals surface area contributed by atoms with E-state index in [1.807, 2.05) is 11.8 Å². The number of unbranched alkanes of at least 4 members (excludes halogenated alkanes) is 1. The maximum absolute atomic E-state index is 5.68. The lowest BCUT2D eigenvalue weighted by atomic mass is 10.1. The van der Waals surface area contributed by atoms with Crippen molar-refractivity contribution in [1.82, 2.24) is 13.6 Å². The van der Waals surface area contributed by atoms with Crippen LogP contribution in [-0.4, -0.2) is 45.4 Å². The van der Waals surface area contributed by atoms with Gasteiger partial charge in [-0.2, -0.15) is 8.75 Å². The summed E-state index contributed by atoms with van der Waals surface area (Å²) in [5, 5.41) is 1.09. The first-order valence-electron chi connectivity index (χ1n) is 6.20. The molecule has 18 heavy (non-hydrogen) atoms. The number of rotatable bonds is 6. The summed E-state index contributed by atoms with van der Waals surface area (Å²) in [4.78, 5) is 2.33. The molecule has 0 N–H and O–H groups in total.